The SMILES string of the molecule is CC(C)S(=O)(=O)NC1CCN(C(=O)Nc2ccc(F)c(F)c2F)CC1. The Labute approximate surface area is 144 Å². The van der Waals surface area contributed by atoms with Crippen molar-refractivity contribution >= 4 is 21.7 Å². The molecule has 1 saturated heterocycles. The summed E-state index contributed by atoms with van der Waals surface area (Å²) in [6, 6.07) is 0.724. The van der Waals surface area contributed by atoms with Crippen LogP contribution in [0.15, 0.2) is 12.1 Å². The van der Waals surface area contributed by atoms with Crippen molar-refractivity contribution < 1.29 is 26.4 Å². The van der Waals surface area contributed by atoms with Crippen LogP contribution in [0.25, 0.3) is 0 Å². The van der Waals surface area contributed by atoms with E-state index in [1.165, 1.54) is 4.90 Å². The first-order valence-corrected chi connectivity index (χ1v) is 9.37. The molecule has 1 aromatic rings. The lowest BCUT2D eigenvalue weighted by Crippen LogP contribution is -2.48. The van der Waals surface area contributed by atoms with E-state index in [1.54, 1.807) is 13.8 Å². The lowest BCUT2D eigenvalue weighted by Gasteiger charge is -2.32. The van der Waals surface area contributed by atoms with Gasteiger partial charge in [0.25, 0.3) is 0 Å². The number of carbonyl (C=O) groups excluding carboxylic acids is 1. The van der Waals surface area contributed by atoms with Crippen molar-refractivity contribution in [3.8, 4) is 0 Å². The van der Waals surface area contributed by atoms with Crippen LogP contribution >= 0.6 is 0 Å². The molecule has 0 unspecified atom stereocenters. The first-order chi connectivity index (χ1) is 11.6. The van der Waals surface area contributed by atoms with Crippen LogP contribution < -0.4 is 10.0 Å². The molecule has 1 aliphatic rings. The number of likely N-dealkylation sites (tertiary alicyclic amines) is 1. The van der Waals surface area contributed by atoms with Crippen LogP contribution in [-0.2, 0) is 10.0 Å². The molecule has 6 nitrogen and oxygen atoms in total. The zero-order valence-electron chi connectivity index (χ0n) is 13.9. The van der Waals surface area contributed by atoms with Gasteiger partial charge < -0.3 is 10.2 Å². The van der Waals surface area contributed by atoms with Gasteiger partial charge in [-0.25, -0.2) is 31.1 Å². The minimum Gasteiger partial charge on any atom is -0.324 e. The third-order valence-electron chi connectivity index (χ3n) is 4.01. The molecule has 1 aromatic carbocycles. The van der Waals surface area contributed by atoms with Gasteiger partial charge in [0.1, 0.15) is 0 Å². The minimum absolute atomic E-state index is 0.252. The Balaban J connectivity index is 1.93. The maximum Gasteiger partial charge on any atom is 0.321 e. The first-order valence-electron chi connectivity index (χ1n) is 7.82. The van der Waals surface area contributed by atoms with Crippen molar-refractivity contribution in [1.29, 1.82) is 0 Å². The summed E-state index contributed by atoms with van der Waals surface area (Å²) in [5.41, 5.74) is -0.452. The van der Waals surface area contributed by atoms with E-state index in [-0.39, 0.29) is 19.1 Å². The maximum atomic E-state index is 13.6. The van der Waals surface area contributed by atoms with Crippen LogP contribution in [0.4, 0.5) is 23.7 Å². The van der Waals surface area contributed by atoms with Crippen LogP contribution in [0, 0.1) is 17.5 Å². The largest absolute Gasteiger partial charge is 0.324 e. The highest BCUT2D eigenvalue weighted by Crippen LogP contribution is 2.21. The maximum absolute atomic E-state index is 13.6. The molecule has 2 rings (SSSR count). The van der Waals surface area contributed by atoms with Gasteiger partial charge in [-0.3, -0.25) is 0 Å². The number of hydrogen-bond acceptors (Lipinski definition) is 3. The van der Waals surface area contributed by atoms with Crippen molar-refractivity contribution in [1.82, 2.24) is 9.62 Å². The predicted molar refractivity (Wildman–Crippen MR) is 87.1 cm³/mol. The molecule has 1 heterocycles. The van der Waals surface area contributed by atoms with Crippen LogP contribution in [-0.4, -0.2) is 43.7 Å². The Kier molecular flexibility index (Phi) is 5.94. The molecule has 25 heavy (non-hydrogen) atoms. The average molecular weight is 379 g/mol. The summed E-state index contributed by atoms with van der Waals surface area (Å²) in [5.74, 6) is -4.46. The normalized spacial score (nSPS) is 16.3. The zero-order chi connectivity index (χ0) is 18.8. The molecule has 0 bridgehead atoms. The third kappa shape index (κ3) is 4.63. The van der Waals surface area contributed by atoms with Crippen molar-refractivity contribution in [3.63, 3.8) is 0 Å². The number of amides is 2. The summed E-state index contributed by atoms with van der Waals surface area (Å²) in [5, 5.41) is 1.65. The lowest BCUT2D eigenvalue weighted by molar-refractivity contribution is 0.193. The summed E-state index contributed by atoms with van der Waals surface area (Å²) < 4.78 is 65.9. The number of nitrogens with zero attached hydrogens (tertiary/aromatic N) is 1. The molecule has 0 radical (unpaired) electrons. The molecular formula is C15H20F3N3O3S. The van der Waals surface area contributed by atoms with Crippen molar-refractivity contribution in [2.24, 2.45) is 0 Å². The highest BCUT2D eigenvalue weighted by molar-refractivity contribution is 7.90. The Morgan fingerprint density at radius 3 is 2.32 bits per heavy atom. The van der Waals surface area contributed by atoms with E-state index in [2.05, 4.69) is 10.0 Å². The van der Waals surface area contributed by atoms with E-state index in [1.807, 2.05) is 0 Å². The van der Waals surface area contributed by atoms with E-state index in [4.69, 9.17) is 0 Å². The summed E-state index contributed by atoms with van der Waals surface area (Å²) in [4.78, 5) is 13.5. The van der Waals surface area contributed by atoms with Gasteiger partial charge in [0.05, 0.1) is 10.9 Å². The number of carbonyl (C=O) groups is 1. The van der Waals surface area contributed by atoms with Crippen molar-refractivity contribution in [2.75, 3.05) is 18.4 Å². The fourth-order valence-corrected chi connectivity index (χ4v) is 3.36. The summed E-state index contributed by atoms with van der Waals surface area (Å²) in [7, 11) is -3.39. The van der Waals surface area contributed by atoms with Gasteiger partial charge in [-0.1, -0.05) is 0 Å². The van der Waals surface area contributed by atoms with E-state index in [0.717, 1.165) is 12.1 Å². The number of hydrogen-bond donors (Lipinski definition) is 2. The van der Waals surface area contributed by atoms with Crippen LogP contribution in [0.1, 0.15) is 26.7 Å². The summed E-state index contributed by atoms with van der Waals surface area (Å²) in [6.07, 6.45) is 0.805. The molecular weight excluding hydrogens is 359 g/mol. The van der Waals surface area contributed by atoms with Gasteiger partial charge in [0.2, 0.25) is 10.0 Å². The van der Waals surface area contributed by atoms with Gasteiger partial charge in [-0.05, 0) is 38.8 Å². The van der Waals surface area contributed by atoms with E-state index in [0.29, 0.717) is 12.8 Å². The molecule has 0 spiro atoms. The Morgan fingerprint density at radius 1 is 1.16 bits per heavy atom. The number of halogens is 3. The average Bonchev–Trinajstić information content (AvgIpc) is 2.55. The standard InChI is InChI=1S/C15H20F3N3O3S/c1-9(2)25(23,24)20-10-5-7-21(8-6-10)15(22)19-12-4-3-11(16)13(17)14(12)18/h3-4,9-10,20H,5-8H2,1-2H3,(H,19,22). The van der Waals surface area contributed by atoms with Crippen molar-refractivity contribution in [2.45, 2.75) is 38.0 Å². The zero-order valence-corrected chi connectivity index (χ0v) is 14.7. The van der Waals surface area contributed by atoms with Gasteiger partial charge >= 0.3 is 6.03 Å². The van der Waals surface area contributed by atoms with Gasteiger partial charge in [0, 0.05) is 19.1 Å². The van der Waals surface area contributed by atoms with Gasteiger partial charge in [-0.2, -0.15) is 0 Å². The number of urea groups is 1. The van der Waals surface area contributed by atoms with Crippen LogP contribution in [0.2, 0.25) is 0 Å². The fourth-order valence-electron chi connectivity index (χ4n) is 2.39. The smallest absolute Gasteiger partial charge is 0.321 e. The first kappa shape index (κ1) is 19.5. The number of piperidine rings is 1. The molecule has 2 amide bonds. The van der Waals surface area contributed by atoms with Gasteiger partial charge in [-0.15, -0.1) is 0 Å². The summed E-state index contributed by atoms with van der Waals surface area (Å²) >= 11 is 0. The van der Waals surface area contributed by atoms with E-state index >= 15 is 0 Å². The highest BCUT2D eigenvalue weighted by Gasteiger charge is 2.27. The Morgan fingerprint density at radius 2 is 1.76 bits per heavy atom. The molecule has 1 aliphatic heterocycles. The predicted octanol–water partition coefficient (Wildman–Crippen LogP) is 2.43. The van der Waals surface area contributed by atoms with Crippen LogP contribution in [0.3, 0.4) is 0 Å². The molecule has 10 heteroatoms. The quantitative estimate of drug-likeness (QED) is 0.789. The molecule has 0 aromatic heterocycles. The molecule has 1 fully saturated rings. The van der Waals surface area contributed by atoms with Crippen LogP contribution in [0.5, 0.6) is 0 Å². The second-order valence-electron chi connectivity index (χ2n) is 6.13. The monoisotopic (exact) mass is 379 g/mol. The molecule has 0 saturated carbocycles. The second-order valence-corrected chi connectivity index (χ2v) is 8.39. The number of sulfonamides is 1. The Bertz CT molecular complexity index is 748. The molecule has 140 valence electrons. The topological polar surface area (TPSA) is 78.5 Å². The minimum atomic E-state index is -3.39. The fraction of sp³-hybridized carbons (Fsp3) is 0.533. The second kappa shape index (κ2) is 7.61. The number of rotatable bonds is 4. The molecule has 0 atom stereocenters. The van der Waals surface area contributed by atoms with Crippen molar-refractivity contribution in [3.05, 3.63) is 29.6 Å². The number of nitrogens with one attached hydrogen (secondary N) is 2. The van der Waals surface area contributed by atoms with E-state index < -0.39 is 44.4 Å². The molecule has 0 aliphatic carbocycles. The number of benzene rings is 1. The summed E-state index contributed by atoms with van der Waals surface area (Å²) in [6.45, 7) is 3.65. The molecule has 2 N–H and O–H groups in total. The van der Waals surface area contributed by atoms with E-state index in [9.17, 15) is 26.4 Å². The number of anilines is 1. The van der Waals surface area contributed by atoms with Gasteiger partial charge in [0.15, 0.2) is 17.5 Å². The highest BCUT2D eigenvalue weighted by atomic mass is 32.2. The third-order valence-corrected chi connectivity index (χ3v) is 5.91. The Hall–Kier alpha value is -1.81. The lowest BCUT2D eigenvalue weighted by atomic mass is 10.1.